The van der Waals surface area contributed by atoms with Crippen LogP contribution in [0, 0.1) is 0 Å². The quantitative estimate of drug-likeness (QED) is 0.629. The summed E-state index contributed by atoms with van der Waals surface area (Å²) in [5.41, 5.74) is -0.0843. The number of carbonyl (C=O) groups excluding carboxylic acids is 2. The molecule has 0 bridgehead atoms. The van der Waals surface area contributed by atoms with Crippen molar-refractivity contribution in [2.45, 2.75) is 18.9 Å². The van der Waals surface area contributed by atoms with Crippen LogP contribution in [0.2, 0.25) is 5.02 Å². The van der Waals surface area contributed by atoms with Crippen LogP contribution in [0.1, 0.15) is 22.8 Å². The van der Waals surface area contributed by atoms with Crippen molar-refractivity contribution in [3.05, 3.63) is 64.7 Å². The fourth-order valence-corrected chi connectivity index (χ4v) is 2.49. The van der Waals surface area contributed by atoms with Crippen molar-refractivity contribution < 1.29 is 19.1 Å². The Hall–Kier alpha value is -2.33. The number of benzene rings is 2. The smallest absolute Gasteiger partial charge is 0.356 e. The fraction of sp³-hybridized carbons (Fsp3) is 0.176. The minimum atomic E-state index is -1.34. The lowest BCUT2D eigenvalue weighted by Gasteiger charge is -2.32. The Labute approximate surface area is 132 Å². The van der Waals surface area contributed by atoms with Crippen LogP contribution in [0.4, 0.5) is 0 Å². The van der Waals surface area contributed by atoms with Crippen molar-refractivity contribution in [2.24, 2.45) is 0 Å². The van der Waals surface area contributed by atoms with E-state index in [1.54, 1.807) is 43.3 Å². The van der Waals surface area contributed by atoms with Crippen molar-refractivity contribution in [1.29, 1.82) is 0 Å². The Kier molecular flexibility index (Phi) is 3.62. The molecule has 1 heterocycles. The lowest BCUT2D eigenvalue weighted by molar-refractivity contribution is -0.155. The third kappa shape index (κ3) is 2.70. The van der Waals surface area contributed by atoms with Gasteiger partial charge in [-0.15, -0.1) is 0 Å². The summed E-state index contributed by atoms with van der Waals surface area (Å²) >= 11 is 5.79. The molecule has 1 aliphatic heterocycles. The monoisotopic (exact) mass is 316 g/mol. The molecule has 5 heteroatoms. The van der Waals surface area contributed by atoms with Crippen LogP contribution in [0.25, 0.3) is 0 Å². The predicted octanol–water partition coefficient (Wildman–Crippen LogP) is 3.42. The highest BCUT2D eigenvalue weighted by atomic mass is 35.5. The highest BCUT2D eigenvalue weighted by Crippen LogP contribution is 2.29. The molecule has 0 radical (unpaired) electrons. The van der Waals surface area contributed by atoms with E-state index in [9.17, 15) is 9.59 Å². The van der Waals surface area contributed by atoms with Gasteiger partial charge < -0.3 is 9.47 Å². The van der Waals surface area contributed by atoms with Gasteiger partial charge in [0.05, 0.1) is 5.56 Å². The van der Waals surface area contributed by atoms with Crippen LogP contribution in [-0.2, 0) is 16.0 Å². The number of ether oxygens (including phenoxy) is 2. The molecule has 2 aromatic rings. The number of esters is 2. The van der Waals surface area contributed by atoms with E-state index in [1.807, 2.05) is 12.1 Å². The minimum Gasteiger partial charge on any atom is -0.443 e. The van der Waals surface area contributed by atoms with E-state index < -0.39 is 17.5 Å². The maximum Gasteiger partial charge on any atom is 0.356 e. The molecule has 2 aromatic carbocycles. The third-order valence-corrected chi connectivity index (χ3v) is 3.79. The van der Waals surface area contributed by atoms with E-state index >= 15 is 0 Å². The molecule has 22 heavy (non-hydrogen) atoms. The zero-order valence-corrected chi connectivity index (χ0v) is 12.6. The number of fused-ring (bicyclic) bond motifs is 1. The van der Waals surface area contributed by atoms with E-state index in [1.165, 1.54) is 0 Å². The molecule has 0 amide bonds. The van der Waals surface area contributed by atoms with E-state index in [0.717, 1.165) is 5.56 Å². The van der Waals surface area contributed by atoms with E-state index in [0.29, 0.717) is 16.3 Å². The van der Waals surface area contributed by atoms with Gasteiger partial charge in [0.15, 0.2) is 0 Å². The summed E-state index contributed by atoms with van der Waals surface area (Å²) in [7, 11) is 0. The second-order valence-corrected chi connectivity index (χ2v) is 5.73. The number of hydrogen-bond acceptors (Lipinski definition) is 4. The normalized spacial score (nSPS) is 20.0. The maximum absolute atomic E-state index is 12.4. The number of carbonyl (C=O) groups is 2. The standard InChI is InChI=1S/C17H13ClO4/c1-17(16(20)21-13-8-6-12(18)7-9-13)10-11-4-2-3-5-14(11)15(19)22-17/h2-9H,10H2,1H3/t17-/m0/s1. The maximum atomic E-state index is 12.4. The Morgan fingerprint density at radius 2 is 1.86 bits per heavy atom. The topological polar surface area (TPSA) is 52.6 Å². The molecule has 1 aliphatic rings. The largest absolute Gasteiger partial charge is 0.443 e. The highest BCUT2D eigenvalue weighted by molar-refractivity contribution is 6.30. The first-order valence-corrected chi connectivity index (χ1v) is 7.15. The molecule has 0 aromatic heterocycles. The van der Waals surface area contributed by atoms with Gasteiger partial charge >= 0.3 is 11.9 Å². The molecule has 1 atom stereocenters. The summed E-state index contributed by atoms with van der Waals surface area (Å²) < 4.78 is 10.6. The van der Waals surface area contributed by atoms with Crippen LogP contribution in [0.5, 0.6) is 5.75 Å². The molecule has 0 aliphatic carbocycles. The number of hydrogen-bond donors (Lipinski definition) is 0. The van der Waals surface area contributed by atoms with Crippen LogP contribution in [0.15, 0.2) is 48.5 Å². The molecular weight excluding hydrogens is 304 g/mol. The zero-order chi connectivity index (χ0) is 15.7. The summed E-state index contributed by atoms with van der Waals surface area (Å²) in [6.07, 6.45) is 0.279. The van der Waals surface area contributed by atoms with Crippen molar-refractivity contribution in [3.63, 3.8) is 0 Å². The second-order valence-electron chi connectivity index (χ2n) is 5.30. The first-order valence-electron chi connectivity index (χ1n) is 6.77. The summed E-state index contributed by atoms with van der Waals surface area (Å²) in [5.74, 6) is -0.777. The first kappa shape index (κ1) is 14.6. The second kappa shape index (κ2) is 5.46. The van der Waals surface area contributed by atoms with Crippen molar-refractivity contribution in [2.75, 3.05) is 0 Å². The zero-order valence-electron chi connectivity index (χ0n) is 11.8. The van der Waals surface area contributed by atoms with Gasteiger partial charge in [0.1, 0.15) is 5.75 Å². The Balaban J connectivity index is 1.83. The summed E-state index contributed by atoms with van der Waals surface area (Å²) in [5, 5.41) is 0.545. The minimum absolute atomic E-state index is 0.279. The van der Waals surface area contributed by atoms with Crippen LogP contribution < -0.4 is 4.74 Å². The Bertz CT molecular complexity index is 739. The number of rotatable bonds is 2. The van der Waals surface area contributed by atoms with Crippen molar-refractivity contribution >= 4 is 23.5 Å². The van der Waals surface area contributed by atoms with Gasteiger partial charge in [-0.3, -0.25) is 0 Å². The van der Waals surface area contributed by atoms with Crippen molar-refractivity contribution in [1.82, 2.24) is 0 Å². The molecule has 4 nitrogen and oxygen atoms in total. The van der Waals surface area contributed by atoms with E-state index in [4.69, 9.17) is 21.1 Å². The van der Waals surface area contributed by atoms with Gasteiger partial charge in [-0.25, -0.2) is 9.59 Å². The molecule has 0 saturated carbocycles. The molecule has 0 fully saturated rings. The first-order chi connectivity index (χ1) is 10.5. The Morgan fingerprint density at radius 3 is 2.59 bits per heavy atom. The van der Waals surface area contributed by atoms with Crippen LogP contribution >= 0.6 is 11.6 Å². The summed E-state index contributed by atoms with van der Waals surface area (Å²) in [6, 6.07) is 13.5. The summed E-state index contributed by atoms with van der Waals surface area (Å²) in [6.45, 7) is 1.55. The predicted molar refractivity (Wildman–Crippen MR) is 81.1 cm³/mol. The van der Waals surface area contributed by atoms with Crippen LogP contribution in [0.3, 0.4) is 0 Å². The van der Waals surface area contributed by atoms with Gasteiger partial charge in [0, 0.05) is 11.4 Å². The fourth-order valence-electron chi connectivity index (χ4n) is 2.36. The molecular formula is C17H13ClO4. The van der Waals surface area contributed by atoms with Crippen LogP contribution in [-0.4, -0.2) is 17.5 Å². The number of cyclic esters (lactones) is 1. The number of halogens is 1. The van der Waals surface area contributed by atoms with Crippen molar-refractivity contribution in [3.8, 4) is 5.75 Å². The third-order valence-electron chi connectivity index (χ3n) is 3.54. The highest BCUT2D eigenvalue weighted by Gasteiger charge is 2.44. The van der Waals surface area contributed by atoms with Gasteiger partial charge in [0.25, 0.3) is 0 Å². The average Bonchev–Trinajstić information content (AvgIpc) is 2.49. The van der Waals surface area contributed by atoms with E-state index in [2.05, 4.69) is 0 Å². The molecule has 0 saturated heterocycles. The van der Waals surface area contributed by atoms with Gasteiger partial charge in [-0.2, -0.15) is 0 Å². The van der Waals surface area contributed by atoms with E-state index in [-0.39, 0.29) is 6.42 Å². The molecule has 0 N–H and O–H groups in total. The van der Waals surface area contributed by atoms with Gasteiger partial charge in [-0.05, 0) is 42.8 Å². The SMILES string of the molecule is C[C@@]1(C(=O)Oc2ccc(Cl)cc2)Cc2ccccc2C(=O)O1. The van der Waals surface area contributed by atoms with Gasteiger partial charge in [-0.1, -0.05) is 29.8 Å². The average molecular weight is 317 g/mol. The Morgan fingerprint density at radius 1 is 1.18 bits per heavy atom. The van der Waals surface area contributed by atoms with Gasteiger partial charge in [0.2, 0.25) is 5.60 Å². The lowest BCUT2D eigenvalue weighted by Crippen LogP contribution is -2.48. The summed E-state index contributed by atoms with van der Waals surface area (Å²) in [4.78, 5) is 24.5. The lowest BCUT2D eigenvalue weighted by atomic mass is 9.90. The molecule has 0 spiro atoms. The molecule has 3 rings (SSSR count). The molecule has 0 unspecified atom stereocenters. The molecule has 112 valence electrons.